The quantitative estimate of drug-likeness (QED) is 0.527. The molecule has 1 aliphatic carbocycles. The van der Waals surface area contributed by atoms with Gasteiger partial charge in [-0.15, -0.1) is 0 Å². The summed E-state index contributed by atoms with van der Waals surface area (Å²) < 4.78 is 10.9. The molecule has 0 aliphatic heterocycles. The van der Waals surface area contributed by atoms with Gasteiger partial charge in [0.2, 0.25) is 5.91 Å². The zero-order valence-corrected chi connectivity index (χ0v) is 19.0. The zero-order chi connectivity index (χ0) is 23.9. The van der Waals surface area contributed by atoms with Gasteiger partial charge in [0.1, 0.15) is 11.5 Å². The van der Waals surface area contributed by atoms with E-state index in [1.165, 1.54) is 23.4 Å². The van der Waals surface area contributed by atoms with Gasteiger partial charge in [-0.2, -0.15) is 0 Å². The van der Waals surface area contributed by atoms with Crippen LogP contribution in [0, 0.1) is 6.92 Å². The molecular formula is C25H28N4O5. The van der Waals surface area contributed by atoms with Gasteiger partial charge in [-0.05, 0) is 56.2 Å². The molecule has 3 amide bonds. The van der Waals surface area contributed by atoms with Gasteiger partial charge in [-0.3, -0.25) is 24.3 Å². The van der Waals surface area contributed by atoms with Crippen molar-refractivity contribution in [2.75, 3.05) is 11.4 Å². The highest BCUT2D eigenvalue weighted by Crippen LogP contribution is 2.29. The monoisotopic (exact) mass is 464 g/mol. The summed E-state index contributed by atoms with van der Waals surface area (Å²) in [5.74, 6) is -0.312. The Morgan fingerprint density at radius 2 is 1.94 bits per heavy atom. The molecule has 1 fully saturated rings. The van der Waals surface area contributed by atoms with E-state index in [4.69, 9.17) is 8.83 Å². The molecule has 2 N–H and O–H groups in total. The second-order valence-corrected chi connectivity index (χ2v) is 8.33. The molecule has 3 aromatic rings. The summed E-state index contributed by atoms with van der Waals surface area (Å²) in [6, 6.07) is 8.89. The summed E-state index contributed by atoms with van der Waals surface area (Å²) in [6.07, 6.45) is 9.53. The van der Waals surface area contributed by atoms with E-state index < -0.39 is 17.9 Å². The van der Waals surface area contributed by atoms with Gasteiger partial charge < -0.3 is 19.5 Å². The number of nitrogens with zero attached hydrogens (tertiary/aromatic N) is 2. The standard InChI is InChI=1S/C25H28N4O5/c1-17-11-12-20(34-17)23(25(32)28-18-7-3-2-4-8-18)29(19-9-5-13-26-15-19)22(30)16-27-24(31)21-10-6-14-33-21/h5-6,9-15,18,23H,2-4,7-8,16H2,1H3,(H,27,31)(H,28,32)/t23-/m0/s1. The number of rotatable bonds is 8. The van der Waals surface area contributed by atoms with Gasteiger partial charge in [0.05, 0.1) is 24.7 Å². The number of hydrogen-bond acceptors (Lipinski definition) is 6. The third-order valence-corrected chi connectivity index (χ3v) is 5.83. The van der Waals surface area contributed by atoms with E-state index in [-0.39, 0.29) is 24.3 Å². The van der Waals surface area contributed by atoms with Crippen molar-refractivity contribution in [3.63, 3.8) is 0 Å². The number of nitrogens with one attached hydrogen (secondary N) is 2. The minimum Gasteiger partial charge on any atom is -0.464 e. The van der Waals surface area contributed by atoms with Crippen LogP contribution in [-0.4, -0.2) is 35.3 Å². The van der Waals surface area contributed by atoms with Crippen molar-refractivity contribution >= 4 is 23.4 Å². The van der Waals surface area contributed by atoms with Crippen LogP contribution in [0.2, 0.25) is 0 Å². The highest BCUT2D eigenvalue weighted by Gasteiger charge is 2.36. The van der Waals surface area contributed by atoms with Crippen LogP contribution in [0.4, 0.5) is 5.69 Å². The maximum absolute atomic E-state index is 13.6. The Labute approximate surface area is 197 Å². The topological polar surface area (TPSA) is 118 Å². The van der Waals surface area contributed by atoms with E-state index in [9.17, 15) is 14.4 Å². The lowest BCUT2D eigenvalue weighted by atomic mass is 9.95. The number of amides is 3. The van der Waals surface area contributed by atoms with Crippen LogP contribution in [0.5, 0.6) is 0 Å². The number of aromatic nitrogens is 1. The number of anilines is 1. The van der Waals surface area contributed by atoms with Gasteiger partial charge in [0.15, 0.2) is 11.8 Å². The molecule has 4 rings (SSSR count). The Hall–Kier alpha value is -3.88. The molecule has 0 saturated heterocycles. The highest BCUT2D eigenvalue weighted by atomic mass is 16.3. The number of pyridine rings is 1. The minimum absolute atomic E-state index is 0.0457. The van der Waals surface area contributed by atoms with Crippen LogP contribution in [0.25, 0.3) is 0 Å². The highest BCUT2D eigenvalue weighted by molar-refractivity contribution is 6.03. The van der Waals surface area contributed by atoms with Crippen LogP contribution < -0.4 is 15.5 Å². The van der Waals surface area contributed by atoms with Crippen molar-refractivity contribution in [2.24, 2.45) is 0 Å². The van der Waals surface area contributed by atoms with Crippen molar-refractivity contribution in [1.29, 1.82) is 0 Å². The van der Waals surface area contributed by atoms with Gasteiger partial charge in [0, 0.05) is 12.2 Å². The van der Waals surface area contributed by atoms with E-state index >= 15 is 0 Å². The van der Waals surface area contributed by atoms with E-state index in [2.05, 4.69) is 15.6 Å². The fourth-order valence-electron chi connectivity index (χ4n) is 4.17. The van der Waals surface area contributed by atoms with Crippen LogP contribution in [0.3, 0.4) is 0 Å². The van der Waals surface area contributed by atoms with Gasteiger partial charge in [-0.1, -0.05) is 19.3 Å². The molecule has 0 radical (unpaired) electrons. The summed E-state index contributed by atoms with van der Waals surface area (Å²) >= 11 is 0. The first kappa shape index (κ1) is 23.3. The van der Waals surface area contributed by atoms with E-state index in [1.54, 1.807) is 43.5 Å². The molecule has 0 spiro atoms. The van der Waals surface area contributed by atoms with Crippen molar-refractivity contribution in [3.8, 4) is 0 Å². The average Bonchev–Trinajstić information content (AvgIpc) is 3.54. The summed E-state index contributed by atoms with van der Waals surface area (Å²) in [7, 11) is 0. The van der Waals surface area contributed by atoms with Crippen LogP contribution in [0.15, 0.2) is 63.9 Å². The maximum Gasteiger partial charge on any atom is 0.287 e. The van der Waals surface area contributed by atoms with E-state index in [1.807, 2.05) is 0 Å². The SMILES string of the molecule is Cc1ccc([C@@H](C(=O)NC2CCCCC2)N(C(=O)CNC(=O)c2ccco2)c2cccnc2)o1. The molecule has 0 unspecified atom stereocenters. The molecule has 1 aliphatic rings. The average molecular weight is 465 g/mol. The molecule has 34 heavy (non-hydrogen) atoms. The first-order valence-corrected chi connectivity index (χ1v) is 11.4. The molecule has 9 heteroatoms. The molecule has 0 aromatic carbocycles. The molecule has 3 aromatic heterocycles. The Kier molecular flexibility index (Phi) is 7.41. The summed E-state index contributed by atoms with van der Waals surface area (Å²) in [5.41, 5.74) is 0.414. The Balaban J connectivity index is 1.62. The fraction of sp³-hybridized carbons (Fsp3) is 0.360. The fourth-order valence-corrected chi connectivity index (χ4v) is 4.17. The smallest absolute Gasteiger partial charge is 0.287 e. The van der Waals surface area contributed by atoms with E-state index in [0.29, 0.717) is 17.2 Å². The summed E-state index contributed by atoms with van der Waals surface area (Å²) in [4.78, 5) is 44.8. The first-order chi connectivity index (χ1) is 16.5. The third kappa shape index (κ3) is 5.54. The maximum atomic E-state index is 13.6. The third-order valence-electron chi connectivity index (χ3n) is 5.83. The lowest BCUT2D eigenvalue weighted by molar-refractivity contribution is -0.127. The molecule has 1 saturated carbocycles. The van der Waals surface area contributed by atoms with Crippen LogP contribution in [0.1, 0.15) is 60.2 Å². The largest absolute Gasteiger partial charge is 0.464 e. The molecule has 1 atom stereocenters. The molecular weight excluding hydrogens is 436 g/mol. The number of carbonyl (C=O) groups excluding carboxylic acids is 3. The van der Waals surface area contributed by atoms with Crippen LogP contribution >= 0.6 is 0 Å². The zero-order valence-electron chi connectivity index (χ0n) is 19.0. The molecule has 9 nitrogen and oxygen atoms in total. The Bertz CT molecular complexity index is 1100. The molecule has 3 heterocycles. The lowest BCUT2D eigenvalue weighted by Gasteiger charge is -2.32. The van der Waals surface area contributed by atoms with E-state index in [0.717, 1.165) is 32.1 Å². The van der Waals surface area contributed by atoms with Crippen molar-refractivity contribution in [3.05, 3.63) is 72.3 Å². The van der Waals surface area contributed by atoms with Crippen molar-refractivity contribution in [2.45, 2.75) is 51.1 Å². The number of carbonyl (C=O) groups is 3. The van der Waals surface area contributed by atoms with Crippen LogP contribution in [-0.2, 0) is 9.59 Å². The van der Waals surface area contributed by atoms with Gasteiger partial charge >= 0.3 is 0 Å². The number of furan rings is 2. The van der Waals surface area contributed by atoms with Crippen molar-refractivity contribution in [1.82, 2.24) is 15.6 Å². The van der Waals surface area contributed by atoms with Gasteiger partial charge in [0.25, 0.3) is 11.8 Å². The Morgan fingerprint density at radius 1 is 1.12 bits per heavy atom. The molecule has 178 valence electrons. The number of aryl methyl sites for hydroxylation is 1. The minimum atomic E-state index is -1.06. The normalized spacial score (nSPS) is 14.9. The lowest BCUT2D eigenvalue weighted by Crippen LogP contribution is -2.49. The summed E-state index contributed by atoms with van der Waals surface area (Å²) in [6.45, 7) is 1.43. The van der Waals surface area contributed by atoms with Gasteiger partial charge in [-0.25, -0.2) is 0 Å². The Morgan fingerprint density at radius 3 is 2.59 bits per heavy atom. The predicted molar refractivity (Wildman–Crippen MR) is 124 cm³/mol. The molecule has 0 bridgehead atoms. The predicted octanol–water partition coefficient (Wildman–Crippen LogP) is 3.53. The second-order valence-electron chi connectivity index (χ2n) is 8.33. The second kappa shape index (κ2) is 10.8. The number of hydrogen-bond donors (Lipinski definition) is 2. The first-order valence-electron chi connectivity index (χ1n) is 11.4. The van der Waals surface area contributed by atoms with Crippen molar-refractivity contribution < 1.29 is 23.2 Å². The summed E-state index contributed by atoms with van der Waals surface area (Å²) in [5, 5.41) is 5.66.